The molecule has 1 saturated heterocycles. The summed E-state index contributed by atoms with van der Waals surface area (Å²) in [5, 5.41) is 3.77. The molecule has 0 aromatic heterocycles. The van der Waals surface area contributed by atoms with Crippen LogP contribution in [0.1, 0.15) is 32.3 Å². The molecular weight excluding hydrogens is 359 g/mol. The van der Waals surface area contributed by atoms with E-state index in [4.69, 9.17) is 0 Å². The largest absolute Gasteiger partial charge is 0.311 e. The van der Waals surface area contributed by atoms with Crippen molar-refractivity contribution < 1.29 is 0 Å². The molecule has 1 N–H and O–H groups in total. The second-order valence-electron chi connectivity index (χ2n) is 6.72. The Labute approximate surface area is 136 Å². The fourth-order valence-electron chi connectivity index (χ4n) is 3.25. The van der Waals surface area contributed by atoms with Crippen LogP contribution in [0.5, 0.6) is 0 Å². The van der Waals surface area contributed by atoms with Crippen LogP contribution >= 0.6 is 22.6 Å². The highest BCUT2D eigenvalue weighted by Crippen LogP contribution is 2.37. The van der Waals surface area contributed by atoms with Gasteiger partial charge in [0.1, 0.15) is 0 Å². The van der Waals surface area contributed by atoms with Gasteiger partial charge in [0, 0.05) is 35.3 Å². The standard InChI is InChI=1S/C17H25IN2/c1-12(2)16-11-20(17(9-19-16)14-5-6-14)10-13-3-7-15(18)8-4-13/h3-4,7-8,12,14,16-17,19H,5-6,9-11H2,1-2H3. The van der Waals surface area contributed by atoms with Crippen LogP contribution in [-0.2, 0) is 6.54 Å². The average molecular weight is 384 g/mol. The average Bonchev–Trinajstić information content (AvgIpc) is 3.26. The zero-order chi connectivity index (χ0) is 14.1. The molecule has 3 heteroatoms. The van der Waals surface area contributed by atoms with Crippen LogP contribution in [0.25, 0.3) is 0 Å². The molecule has 2 atom stereocenters. The molecule has 2 unspecified atom stereocenters. The first-order chi connectivity index (χ1) is 9.63. The first-order valence-corrected chi connectivity index (χ1v) is 8.93. The monoisotopic (exact) mass is 384 g/mol. The van der Waals surface area contributed by atoms with Crippen LogP contribution < -0.4 is 5.32 Å². The molecule has 1 heterocycles. The summed E-state index contributed by atoms with van der Waals surface area (Å²) in [5.74, 6) is 1.66. The number of nitrogens with one attached hydrogen (secondary N) is 1. The van der Waals surface area contributed by atoms with Gasteiger partial charge in [-0.25, -0.2) is 0 Å². The van der Waals surface area contributed by atoms with Gasteiger partial charge in [0.25, 0.3) is 0 Å². The van der Waals surface area contributed by atoms with Crippen molar-refractivity contribution in [2.75, 3.05) is 13.1 Å². The van der Waals surface area contributed by atoms with Crippen LogP contribution in [0, 0.1) is 15.4 Å². The highest BCUT2D eigenvalue weighted by molar-refractivity contribution is 14.1. The molecule has 1 aliphatic carbocycles. The molecule has 0 bridgehead atoms. The van der Waals surface area contributed by atoms with Gasteiger partial charge in [-0.05, 0) is 65.0 Å². The molecule has 1 saturated carbocycles. The normalized spacial score (nSPS) is 28.0. The Bertz CT molecular complexity index is 439. The first-order valence-electron chi connectivity index (χ1n) is 7.85. The van der Waals surface area contributed by atoms with Gasteiger partial charge in [-0.2, -0.15) is 0 Å². The van der Waals surface area contributed by atoms with Crippen molar-refractivity contribution in [1.82, 2.24) is 10.2 Å². The minimum Gasteiger partial charge on any atom is -0.311 e. The van der Waals surface area contributed by atoms with Crippen molar-refractivity contribution in [3.63, 3.8) is 0 Å². The summed E-state index contributed by atoms with van der Waals surface area (Å²) in [7, 11) is 0. The summed E-state index contributed by atoms with van der Waals surface area (Å²) >= 11 is 2.38. The van der Waals surface area contributed by atoms with Crippen molar-refractivity contribution in [2.24, 2.45) is 11.8 Å². The third-order valence-corrected chi connectivity index (χ3v) is 5.48. The number of piperazine rings is 1. The van der Waals surface area contributed by atoms with Crippen molar-refractivity contribution in [1.29, 1.82) is 0 Å². The molecule has 1 aromatic rings. The van der Waals surface area contributed by atoms with Crippen molar-refractivity contribution >= 4 is 22.6 Å². The Morgan fingerprint density at radius 2 is 1.95 bits per heavy atom. The van der Waals surface area contributed by atoms with Gasteiger partial charge < -0.3 is 5.32 Å². The van der Waals surface area contributed by atoms with Crippen LogP contribution in [0.15, 0.2) is 24.3 Å². The lowest BCUT2D eigenvalue weighted by molar-refractivity contribution is 0.0926. The Morgan fingerprint density at radius 1 is 1.25 bits per heavy atom. The number of hydrogen-bond donors (Lipinski definition) is 1. The highest BCUT2D eigenvalue weighted by Gasteiger charge is 2.39. The molecule has 20 heavy (non-hydrogen) atoms. The molecule has 1 aliphatic heterocycles. The predicted molar refractivity (Wildman–Crippen MR) is 92.7 cm³/mol. The van der Waals surface area contributed by atoms with E-state index < -0.39 is 0 Å². The second kappa shape index (κ2) is 6.32. The SMILES string of the molecule is CC(C)C1CN(Cc2ccc(I)cc2)C(C2CC2)CN1. The van der Waals surface area contributed by atoms with E-state index >= 15 is 0 Å². The van der Waals surface area contributed by atoms with Crippen molar-refractivity contribution in [3.8, 4) is 0 Å². The quantitative estimate of drug-likeness (QED) is 0.800. The van der Waals surface area contributed by atoms with E-state index in [1.165, 1.54) is 35.1 Å². The molecule has 2 nitrogen and oxygen atoms in total. The van der Waals surface area contributed by atoms with Crippen LogP contribution in [0.2, 0.25) is 0 Å². The Morgan fingerprint density at radius 3 is 2.55 bits per heavy atom. The summed E-state index contributed by atoms with van der Waals surface area (Å²) in [6, 6.07) is 10.4. The van der Waals surface area contributed by atoms with Crippen LogP contribution in [0.3, 0.4) is 0 Å². The Balaban J connectivity index is 1.70. The van der Waals surface area contributed by atoms with Gasteiger partial charge in [0.2, 0.25) is 0 Å². The molecule has 0 radical (unpaired) electrons. The number of halogens is 1. The fourth-order valence-corrected chi connectivity index (χ4v) is 3.61. The van der Waals surface area contributed by atoms with Gasteiger partial charge in [0.15, 0.2) is 0 Å². The molecule has 0 spiro atoms. The van der Waals surface area contributed by atoms with Gasteiger partial charge in [-0.15, -0.1) is 0 Å². The van der Waals surface area contributed by atoms with E-state index in [2.05, 4.69) is 70.9 Å². The molecule has 0 amide bonds. The fraction of sp³-hybridized carbons (Fsp3) is 0.647. The minimum atomic E-state index is 0.647. The maximum Gasteiger partial charge on any atom is 0.0253 e. The Kier molecular flexibility index (Phi) is 4.68. The molecule has 1 aromatic carbocycles. The van der Waals surface area contributed by atoms with E-state index in [0.717, 1.165) is 24.4 Å². The third kappa shape index (κ3) is 3.55. The Hall–Kier alpha value is -0.130. The summed E-state index contributed by atoms with van der Waals surface area (Å²) in [4.78, 5) is 2.74. The number of benzene rings is 1. The summed E-state index contributed by atoms with van der Waals surface area (Å²) in [5.41, 5.74) is 1.46. The summed E-state index contributed by atoms with van der Waals surface area (Å²) in [6.07, 6.45) is 2.86. The van der Waals surface area contributed by atoms with Crippen molar-refractivity contribution in [2.45, 2.75) is 45.3 Å². The maximum atomic E-state index is 3.77. The van der Waals surface area contributed by atoms with Crippen LogP contribution in [-0.4, -0.2) is 30.1 Å². The lowest BCUT2D eigenvalue weighted by Gasteiger charge is -2.42. The molecular formula is C17H25IN2. The van der Waals surface area contributed by atoms with E-state index in [1.54, 1.807) is 0 Å². The summed E-state index contributed by atoms with van der Waals surface area (Å²) < 4.78 is 1.32. The molecule has 2 aliphatic rings. The predicted octanol–water partition coefficient (Wildman–Crippen LogP) is 3.50. The molecule has 2 fully saturated rings. The first kappa shape index (κ1) is 14.8. The zero-order valence-corrected chi connectivity index (χ0v) is 14.6. The molecule has 3 rings (SSSR count). The van der Waals surface area contributed by atoms with E-state index in [9.17, 15) is 0 Å². The minimum absolute atomic E-state index is 0.647. The zero-order valence-electron chi connectivity index (χ0n) is 12.5. The topological polar surface area (TPSA) is 15.3 Å². The number of nitrogens with zero attached hydrogens (tertiary/aromatic N) is 1. The summed E-state index contributed by atoms with van der Waals surface area (Å²) in [6.45, 7) is 8.15. The third-order valence-electron chi connectivity index (χ3n) is 4.76. The van der Waals surface area contributed by atoms with Crippen LogP contribution in [0.4, 0.5) is 0 Å². The lowest BCUT2D eigenvalue weighted by Crippen LogP contribution is -2.58. The van der Waals surface area contributed by atoms with Gasteiger partial charge in [-0.3, -0.25) is 4.90 Å². The highest BCUT2D eigenvalue weighted by atomic mass is 127. The second-order valence-corrected chi connectivity index (χ2v) is 7.97. The lowest BCUT2D eigenvalue weighted by atomic mass is 9.97. The van der Waals surface area contributed by atoms with E-state index in [-0.39, 0.29) is 0 Å². The van der Waals surface area contributed by atoms with E-state index in [0.29, 0.717) is 6.04 Å². The molecule has 110 valence electrons. The number of rotatable bonds is 4. The number of hydrogen-bond acceptors (Lipinski definition) is 2. The van der Waals surface area contributed by atoms with Gasteiger partial charge in [-0.1, -0.05) is 26.0 Å². The van der Waals surface area contributed by atoms with Gasteiger partial charge >= 0.3 is 0 Å². The van der Waals surface area contributed by atoms with E-state index in [1.807, 2.05) is 0 Å². The van der Waals surface area contributed by atoms with Gasteiger partial charge in [0.05, 0.1) is 0 Å². The van der Waals surface area contributed by atoms with Crippen molar-refractivity contribution in [3.05, 3.63) is 33.4 Å². The smallest absolute Gasteiger partial charge is 0.0253 e. The maximum absolute atomic E-state index is 3.77.